The summed E-state index contributed by atoms with van der Waals surface area (Å²) in [5.41, 5.74) is 0.600. The molecule has 2 unspecified atom stereocenters. The van der Waals surface area contributed by atoms with Gasteiger partial charge in [0.25, 0.3) is 5.91 Å². The number of carbonyl (C=O) groups excluding carboxylic acids is 3. The molecule has 1 aliphatic rings. The maximum atomic E-state index is 13.1. The van der Waals surface area contributed by atoms with Crippen LogP contribution in [-0.4, -0.2) is 54.6 Å². The molecule has 0 fully saturated rings. The van der Waals surface area contributed by atoms with E-state index in [9.17, 15) is 22.8 Å². The van der Waals surface area contributed by atoms with E-state index >= 15 is 0 Å². The van der Waals surface area contributed by atoms with Gasteiger partial charge in [0.2, 0.25) is 21.7 Å². The summed E-state index contributed by atoms with van der Waals surface area (Å²) in [6.45, 7) is 3.72. The van der Waals surface area contributed by atoms with Crippen LogP contribution in [0.15, 0.2) is 41.4 Å². The second-order valence-electron chi connectivity index (χ2n) is 8.35. The molecule has 0 spiro atoms. The SMILES string of the molecule is CC(C)C(NS(=O)(=O)c1ccccc1)C(=O)NC1Cc2cnc([nH]2)CCCCNC(=O)C1=O. The number of ketones is 1. The topological polar surface area (TPSA) is 150 Å². The van der Waals surface area contributed by atoms with Crippen molar-refractivity contribution in [2.24, 2.45) is 5.92 Å². The molecule has 2 amide bonds. The van der Waals surface area contributed by atoms with Crippen LogP contribution in [0.5, 0.6) is 0 Å². The fourth-order valence-corrected chi connectivity index (χ4v) is 4.88. The smallest absolute Gasteiger partial charge is 0.289 e. The molecule has 1 aromatic carbocycles. The van der Waals surface area contributed by atoms with E-state index in [1.807, 2.05) is 0 Å². The molecular weight excluding hydrogens is 446 g/mol. The maximum absolute atomic E-state index is 13.1. The van der Waals surface area contributed by atoms with Crippen molar-refractivity contribution in [3.63, 3.8) is 0 Å². The Bertz CT molecular complexity index is 1100. The Morgan fingerprint density at radius 1 is 1.15 bits per heavy atom. The van der Waals surface area contributed by atoms with Crippen LogP contribution in [-0.2, 0) is 37.2 Å². The van der Waals surface area contributed by atoms with Gasteiger partial charge in [0.15, 0.2) is 0 Å². The number of aromatic amines is 1. The molecule has 178 valence electrons. The van der Waals surface area contributed by atoms with Crippen molar-refractivity contribution in [1.82, 2.24) is 25.3 Å². The molecule has 2 heterocycles. The van der Waals surface area contributed by atoms with Crippen molar-refractivity contribution in [1.29, 1.82) is 0 Å². The number of sulfonamides is 1. The molecule has 0 saturated carbocycles. The minimum atomic E-state index is -3.97. The molecule has 3 rings (SSSR count). The van der Waals surface area contributed by atoms with Crippen LogP contribution in [0.4, 0.5) is 0 Å². The highest BCUT2D eigenvalue weighted by Gasteiger charge is 2.33. The summed E-state index contributed by atoms with van der Waals surface area (Å²) >= 11 is 0. The number of H-pyrrole nitrogens is 1. The van der Waals surface area contributed by atoms with Gasteiger partial charge in [0.05, 0.1) is 4.90 Å². The summed E-state index contributed by atoms with van der Waals surface area (Å²) in [7, 11) is -3.97. The van der Waals surface area contributed by atoms with Gasteiger partial charge < -0.3 is 15.6 Å². The van der Waals surface area contributed by atoms with Crippen LogP contribution in [0.25, 0.3) is 0 Å². The summed E-state index contributed by atoms with van der Waals surface area (Å²) in [5, 5.41) is 5.17. The van der Waals surface area contributed by atoms with Crippen molar-refractivity contribution >= 4 is 27.6 Å². The zero-order valence-electron chi connectivity index (χ0n) is 18.6. The molecule has 1 aromatic heterocycles. The number of amides is 2. The van der Waals surface area contributed by atoms with Crippen LogP contribution in [0, 0.1) is 5.92 Å². The quantitative estimate of drug-likeness (QED) is 0.446. The van der Waals surface area contributed by atoms with Gasteiger partial charge >= 0.3 is 0 Å². The maximum Gasteiger partial charge on any atom is 0.289 e. The summed E-state index contributed by atoms with van der Waals surface area (Å²) in [6.07, 6.45) is 3.80. The lowest BCUT2D eigenvalue weighted by atomic mass is 10.0. The van der Waals surface area contributed by atoms with Gasteiger partial charge in [-0.15, -0.1) is 0 Å². The second kappa shape index (κ2) is 10.7. The molecule has 0 saturated heterocycles. The molecule has 0 aliphatic carbocycles. The van der Waals surface area contributed by atoms with E-state index in [1.165, 1.54) is 12.1 Å². The molecule has 33 heavy (non-hydrogen) atoms. The van der Waals surface area contributed by atoms with E-state index in [1.54, 1.807) is 38.2 Å². The number of nitrogens with zero attached hydrogens (tertiary/aromatic N) is 1. The average molecular weight is 476 g/mol. The Morgan fingerprint density at radius 3 is 2.58 bits per heavy atom. The molecule has 2 bridgehead atoms. The van der Waals surface area contributed by atoms with Gasteiger partial charge in [-0.05, 0) is 30.9 Å². The largest absolute Gasteiger partial charge is 0.349 e. The highest BCUT2D eigenvalue weighted by Crippen LogP contribution is 2.13. The van der Waals surface area contributed by atoms with Crippen LogP contribution >= 0.6 is 0 Å². The monoisotopic (exact) mass is 475 g/mol. The molecule has 2 aromatic rings. The fraction of sp³-hybridized carbons (Fsp3) is 0.455. The van der Waals surface area contributed by atoms with Crippen LogP contribution in [0.2, 0.25) is 0 Å². The molecule has 2 atom stereocenters. The fourth-order valence-electron chi connectivity index (χ4n) is 3.52. The van der Waals surface area contributed by atoms with Crippen LogP contribution in [0.1, 0.15) is 38.2 Å². The number of hydrogen-bond acceptors (Lipinski definition) is 6. The van der Waals surface area contributed by atoms with E-state index in [0.29, 0.717) is 25.1 Å². The van der Waals surface area contributed by atoms with Crippen molar-refractivity contribution in [3.8, 4) is 0 Å². The number of benzene rings is 1. The standard InChI is InChI=1S/C22H29N5O5S/c1-14(2)19(27-33(31,32)16-8-4-3-5-9-16)21(29)26-17-12-15-13-24-18(25-15)10-6-7-11-23-22(30)20(17)28/h3-5,8-9,13-14,17,19,27H,6-7,10-12H2,1-2H3,(H,23,30)(H,24,25)(H,26,29). The van der Waals surface area contributed by atoms with Gasteiger partial charge in [-0.3, -0.25) is 14.4 Å². The third kappa shape index (κ3) is 6.48. The van der Waals surface area contributed by atoms with Crippen LogP contribution in [0.3, 0.4) is 0 Å². The molecule has 4 N–H and O–H groups in total. The number of imidazole rings is 1. The minimum absolute atomic E-state index is 0.0231. The third-order valence-electron chi connectivity index (χ3n) is 5.37. The number of fused-ring (bicyclic) bond motifs is 2. The minimum Gasteiger partial charge on any atom is -0.349 e. The Hall–Kier alpha value is -3.05. The highest BCUT2D eigenvalue weighted by atomic mass is 32.2. The number of nitrogens with one attached hydrogen (secondary N) is 4. The average Bonchev–Trinajstić information content (AvgIpc) is 3.23. The lowest BCUT2D eigenvalue weighted by Crippen LogP contribution is -2.56. The van der Waals surface area contributed by atoms with E-state index in [2.05, 4.69) is 25.3 Å². The predicted molar refractivity (Wildman–Crippen MR) is 121 cm³/mol. The Morgan fingerprint density at radius 2 is 1.88 bits per heavy atom. The van der Waals surface area contributed by atoms with Gasteiger partial charge in [-0.1, -0.05) is 32.0 Å². The molecule has 10 nitrogen and oxygen atoms in total. The zero-order valence-corrected chi connectivity index (χ0v) is 19.4. The molecule has 11 heteroatoms. The third-order valence-corrected chi connectivity index (χ3v) is 6.83. The number of hydrogen-bond donors (Lipinski definition) is 4. The Kier molecular flexibility index (Phi) is 7.98. The van der Waals surface area contributed by atoms with E-state index in [-0.39, 0.29) is 11.3 Å². The highest BCUT2D eigenvalue weighted by molar-refractivity contribution is 7.89. The van der Waals surface area contributed by atoms with Crippen molar-refractivity contribution in [2.75, 3.05) is 6.54 Å². The van der Waals surface area contributed by atoms with Gasteiger partial charge in [0.1, 0.15) is 17.9 Å². The van der Waals surface area contributed by atoms with Crippen molar-refractivity contribution in [3.05, 3.63) is 48.0 Å². The molecule has 0 radical (unpaired) electrons. The number of aryl methyl sites for hydroxylation is 1. The lowest BCUT2D eigenvalue weighted by molar-refractivity contribution is -0.140. The first-order chi connectivity index (χ1) is 15.7. The van der Waals surface area contributed by atoms with Gasteiger partial charge in [-0.2, -0.15) is 4.72 Å². The summed E-state index contributed by atoms with van der Waals surface area (Å²) in [6, 6.07) is 5.38. The van der Waals surface area contributed by atoms with Gasteiger partial charge in [0, 0.05) is 31.3 Å². The van der Waals surface area contributed by atoms with E-state index < -0.39 is 45.6 Å². The Labute approximate surface area is 193 Å². The zero-order chi connectivity index (χ0) is 24.0. The lowest BCUT2D eigenvalue weighted by Gasteiger charge is -2.24. The molecular formula is C22H29N5O5S. The summed E-state index contributed by atoms with van der Waals surface area (Å²) in [4.78, 5) is 45.7. The van der Waals surface area contributed by atoms with E-state index in [0.717, 1.165) is 12.2 Å². The van der Waals surface area contributed by atoms with E-state index in [4.69, 9.17) is 0 Å². The first-order valence-corrected chi connectivity index (χ1v) is 12.4. The predicted octanol–water partition coefficient (Wildman–Crippen LogP) is 0.462. The van der Waals surface area contributed by atoms with Crippen molar-refractivity contribution in [2.45, 2.75) is 56.5 Å². The normalized spacial score (nSPS) is 18.7. The number of Topliss-reactive ketones (excluding diaryl/α,β-unsaturated/α-hetero) is 1. The van der Waals surface area contributed by atoms with Gasteiger partial charge in [-0.25, -0.2) is 13.4 Å². The number of rotatable bonds is 6. The number of carbonyl (C=O) groups is 3. The summed E-state index contributed by atoms with van der Waals surface area (Å²) in [5.74, 6) is -1.93. The van der Waals surface area contributed by atoms with Crippen LogP contribution < -0.4 is 15.4 Å². The first-order valence-electron chi connectivity index (χ1n) is 10.9. The Balaban J connectivity index is 1.81. The summed E-state index contributed by atoms with van der Waals surface area (Å²) < 4.78 is 27.9. The van der Waals surface area contributed by atoms with Crippen molar-refractivity contribution < 1.29 is 22.8 Å². The molecule has 1 aliphatic heterocycles. The second-order valence-corrected chi connectivity index (χ2v) is 10.1. The number of aromatic nitrogens is 2. The first kappa shape index (κ1) is 24.6.